The van der Waals surface area contributed by atoms with Crippen LogP contribution < -0.4 is 11.3 Å². The number of hydrogen-bond acceptors (Lipinski definition) is 3. The Bertz CT molecular complexity index is 500. The maximum atomic E-state index is 12.6. The van der Waals surface area contributed by atoms with Gasteiger partial charge in [0.1, 0.15) is 0 Å². The Hall–Kier alpha value is -1.60. The van der Waals surface area contributed by atoms with Crippen molar-refractivity contribution in [3.05, 3.63) is 35.4 Å². The van der Waals surface area contributed by atoms with E-state index >= 15 is 0 Å². The number of alkyl halides is 3. The summed E-state index contributed by atoms with van der Waals surface area (Å²) in [5.41, 5.74) is 3.47. The lowest BCUT2D eigenvalue weighted by atomic mass is 10.0. The fourth-order valence-corrected chi connectivity index (χ4v) is 2.31. The molecular formula is C14H18F3N3O. The highest BCUT2D eigenvalue weighted by Gasteiger charge is 2.38. The van der Waals surface area contributed by atoms with Gasteiger partial charge in [0.05, 0.1) is 13.0 Å². The Kier molecular flexibility index (Phi) is 4.84. The number of nitrogens with zero attached hydrogens (tertiary/aromatic N) is 1. The lowest BCUT2D eigenvalue weighted by Gasteiger charge is -2.24. The van der Waals surface area contributed by atoms with Gasteiger partial charge in [0, 0.05) is 12.6 Å². The average Bonchev–Trinajstić information content (AvgIpc) is 3.23. The molecule has 0 saturated heterocycles. The minimum absolute atomic E-state index is 0.0111. The third-order valence-electron chi connectivity index (χ3n) is 3.45. The van der Waals surface area contributed by atoms with Gasteiger partial charge >= 0.3 is 6.18 Å². The van der Waals surface area contributed by atoms with Crippen LogP contribution in [0.3, 0.4) is 0 Å². The van der Waals surface area contributed by atoms with Crippen LogP contribution >= 0.6 is 0 Å². The third-order valence-corrected chi connectivity index (χ3v) is 3.45. The van der Waals surface area contributed by atoms with Crippen molar-refractivity contribution < 1.29 is 18.0 Å². The zero-order valence-corrected chi connectivity index (χ0v) is 11.5. The summed E-state index contributed by atoms with van der Waals surface area (Å²) in [6.07, 6.45) is -2.56. The minimum Gasteiger partial charge on any atom is -0.294 e. The number of halogens is 3. The van der Waals surface area contributed by atoms with Gasteiger partial charge < -0.3 is 0 Å². The second kappa shape index (κ2) is 6.44. The van der Waals surface area contributed by atoms with Crippen LogP contribution in [0.25, 0.3) is 0 Å². The largest absolute Gasteiger partial charge is 0.401 e. The molecule has 0 bridgehead atoms. The molecule has 0 radical (unpaired) electrons. The highest BCUT2D eigenvalue weighted by molar-refractivity contribution is 5.78. The van der Waals surface area contributed by atoms with Gasteiger partial charge in [-0.1, -0.05) is 24.3 Å². The van der Waals surface area contributed by atoms with E-state index in [9.17, 15) is 18.0 Å². The number of rotatable bonds is 6. The van der Waals surface area contributed by atoms with Crippen molar-refractivity contribution in [2.45, 2.75) is 38.0 Å². The Morgan fingerprint density at radius 3 is 2.43 bits per heavy atom. The van der Waals surface area contributed by atoms with E-state index in [2.05, 4.69) is 0 Å². The second-order valence-electron chi connectivity index (χ2n) is 5.26. The molecule has 1 amide bonds. The van der Waals surface area contributed by atoms with Crippen LogP contribution in [0.15, 0.2) is 24.3 Å². The summed E-state index contributed by atoms with van der Waals surface area (Å²) < 4.78 is 37.9. The maximum Gasteiger partial charge on any atom is 0.401 e. The normalized spacial score (nSPS) is 15.3. The zero-order valence-electron chi connectivity index (χ0n) is 11.5. The average molecular weight is 301 g/mol. The number of carbonyl (C=O) groups is 1. The first-order chi connectivity index (χ1) is 9.89. The van der Waals surface area contributed by atoms with Gasteiger partial charge in [-0.15, -0.1) is 0 Å². The molecule has 2 rings (SSSR count). The molecule has 1 aromatic carbocycles. The Morgan fingerprint density at radius 2 is 1.90 bits per heavy atom. The number of hydrogen-bond donors (Lipinski definition) is 2. The van der Waals surface area contributed by atoms with Crippen molar-refractivity contribution in [3.8, 4) is 0 Å². The van der Waals surface area contributed by atoms with Crippen molar-refractivity contribution in [2.24, 2.45) is 5.84 Å². The van der Waals surface area contributed by atoms with Gasteiger partial charge in [-0.2, -0.15) is 13.2 Å². The summed E-state index contributed by atoms with van der Waals surface area (Å²) in [6.45, 7) is -0.729. The maximum absolute atomic E-state index is 12.6. The minimum atomic E-state index is -4.22. The van der Waals surface area contributed by atoms with Crippen molar-refractivity contribution >= 4 is 5.91 Å². The molecule has 0 atom stereocenters. The van der Waals surface area contributed by atoms with Gasteiger partial charge in [0.2, 0.25) is 5.91 Å². The zero-order chi connectivity index (χ0) is 15.5. The molecule has 116 valence electrons. The van der Waals surface area contributed by atoms with Crippen molar-refractivity contribution in [1.29, 1.82) is 0 Å². The molecular weight excluding hydrogens is 283 g/mol. The molecule has 1 aliphatic rings. The Labute approximate surface area is 121 Å². The topological polar surface area (TPSA) is 58.4 Å². The molecule has 0 spiro atoms. The predicted octanol–water partition coefficient (Wildman–Crippen LogP) is 1.75. The van der Waals surface area contributed by atoms with Gasteiger partial charge in [0.15, 0.2) is 0 Å². The molecule has 0 aromatic heterocycles. The first-order valence-electron chi connectivity index (χ1n) is 6.76. The van der Waals surface area contributed by atoms with Crippen LogP contribution in [0.5, 0.6) is 0 Å². The summed E-state index contributed by atoms with van der Waals surface area (Å²) in [7, 11) is 0. The van der Waals surface area contributed by atoms with Gasteiger partial charge in [0.25, 0.3) is 0 Å². The van der Waals surface area contributed by atoms with E-state index in [1.807, 2.05) is 5.43 Å². The molecule has 7 heteroatoms. The van der Waals surface area contributed by atoms with E-state index in [0.717, 1.165) is 18.4 Å². The van der Waals surface area contributed by atoms with Crippen LogP contribution in [0.2, 0.25) is 0 Å². The van der Waals surface area contributed by atoms with Crippen LogP contribution in [0, 0.1) is 0 Å². The molecule has 4 nitrogen and oxygen atoms in total. The summed E-state index contributed by atoms with van der Waals surface area (Å²) in [4.78, 5) is 12.8. The van der Waals surface area contributed by atoms with E-state index in [0.29, 0.717) is 5.56 Å². The number of hydrazine groups is 1. The first kappa shape index (κ1) is 15.8. The molecule has 1 fully saturated rings. The van der Waals surface area contributed by atoms with Crippen molar-refractivity contribution in [3.63, 3.8) is 0 Å². The molecule has 1 saturated carbocycles. The van der Waals surface area contributed by atoms with Crippen LogP contribution in [0.4, 0.5) is 13.2 Å². The number of nitrogens with two attached hydrogens (primary N) is 1. The number of amides is 1. The molecule has 3 N–H and O–H groups in total. The van der Waals surface area contributed by atoms with E-state index in [1.54, 1.807) is 24.3 Å². The summed E-state index contributed by atoms with van der Waals surface area (Å²) in [5.74, 6) is 4.69. The highest BCUT2D eigenvalue weighted by Crippen LogP contribution is 2.31. The lowest BCUT2D eigenvalue weighted by molar-refractivity contribution is -0.148. The lowest BCUT2D eigenvalue weighted by Crippen LogP contribution is -2.36. The quantitative estimate of drug-likeness (QED) is 0.478. The van der Waals surface area contributed by atoms with E-state index < -0.39 is 12.7 Å². The standard InChI is InChI=1S/C14H18F3N3O/c15-14(16,17)9-20(12-5-6-12)8-11-4-2-1-3-10(11)7-13(21)19-18/h1-4,12H,5-9,18H2,(H,19,21). The summed E-state index contributed by atoms with van der Waals surface area (Å²) >= 11 is 0. The second-order valence-corrected chi connectivity index (χ2v) is 5.26. The smallest absolute Gasteiger partial charge is 0.294 e. The Balaban J connectivity index is 2.11. The summed E-state index contributed by atoms with van der Waals surface area (Å²) in [5, 5.41) is 0. The fourth-order valence-electron chi connectivity index (χ4n) is 2.31. The van der Waals surface area contributed by atoms with E-state index in [1.165, 1.54) is 4.90 Å². The third kappa shape index (κ3) is 5.02. The highest BCUT2D eigenvalue weighted by atomic mass is 19.4. The Morgan fingerprint density at radius 1 is 1.29 bits per heavy atom. The molecule has 1 aliphatic carbocycles. The van der Waals surface area contributed by atoms with Crippen LogP contribution in [-0.4, -0.2) is 29.6 Å². The number of carbonyl (C=O) groups excluding carboxylic acids is 1. The van der Waals surface area contributed by atoms with E-state index in [4.69, 9.17) is 5.84 Å². The number of benzene rings is 1. The van der Waals surface area contributed by atoms with Crippen LogP contribution in [-0.2, 0) is 17.8 Å². The van der Waals surface area contributed by atoms with Crippen LogP contribution in [0.1, 0.15) is 24.0 Å². The predicted molar refractivity (Wildman–Crippen MR) is 72.0 cm³/mol. The van der Waals surface area contributed by atoms with Crippen molar-refractivity contribution in [2.75, 3.05) is 6.54 Å². The number of nitrogens with one attached hydrogen (secondary N) is 1. The van der Waals surface area contributed by atoms with Gasteiger partial charge in [-0.05, 0) is 24.0 Å². The monoisotopic (exact) mass is 301 g/mol. The molecule has 0 unspecified atom stereocenters. The van der Waals surface area contributed by atoms with Crippen molar-refractivity contribution in [1.82, 2.24) is 10.3 Å². The fraction of sp³-hybridized carbons (Fsp3) is 0.500. The molecule has 1 aromatic rings. The van der Waals surface area contributed by atoms with Gasteiger partial charge in [-0.25, -0.2) is 5.84 Å². The first-order valence-corrected chi connectivity index (χ1v) is 6.76. The SMILES string of the molecule is NNC(=O)Cc1ccccc1CN(CC(F)(F)F)C1CC1. The van der Waals surface area contributed by atoms with Gasteiger partial charge in [-0.3, -0.25) is 15.1 Å². The molecule has 0 heterocycles. The summed E-state index contributed by atoms with van der Waals surface area (Å²) in [6, 6.07) is 7.00. The van der Waals surface area contributed by atoms with E-state index in [-0.39, 0.29) is 24.9 Å². The molecule has 0 aliphatic heterocycles. The molecule has 21 heavy (non-hydrogen) atoms.